The molecule has 0 saturated heterocycles. The zero-order chi connectivity index (χ0) is 13.4. The van der Waals surface area contributed by atoms with Crippen molar-refractivity contribution >= 4 is 33.0 Å². The molecule has 2 heterocycles. The van der Waals surface area contributed by atoms with Crippen LogP contribution < -0.4 is 5.73 Å². The second-order valence-electron chi connectivity index (χ2n) is 3.77. The first-order valence-corrected chi connectivity index (χ1v) is 6.89. The lowest BCUT2D eigenvalue weighted by Gasteiger charge is -1.97. The molecule has 7 heteroatoms. The van der Waals surface area contributed by atoms with E-state index >= 15 is 0 Å². The zero-order valence-electron chi connectivity index (χ0n) is 9.43. The second-order valence-corrected chi connectivity index (χ2v) is 6.23. The lowest BCUT2D eigenvalue weighted by Crippen LogP contribution is -1.89. The SMILES string of the molecule is Nc1ccc(-c2nc(-c3ccc(Br)s3)no2)c(F)c1. The van der Waals surface area contributed by atoms with Crippen LogP contribution in [-0.2, 0) is 0 Å². The van der Waals surface area contributed by atoms with Crippen molar-refractivity contribution in [1.29, 1.82) is 0 Å². The monoisotopic (exact) mass is 339 g/mol. The molecular formula is C12H7BrFN3OS. The fourth-order valence-corrected chi connectivity index (χ4v) is 2.88. The number of hydrogen-bond donors (Lipinski definition) is 1. The van der Waals surface area contributed by atoms with Crippen molar-refractivity contribution in [2.45, 2.75) is 0 Å². The highest BCUT2D eigenvalue weighted by atomic mass is 79.9. The molecule has 2 N–H and O–H groups in total. The minimum absolute atomic E-state index is 0.136. The van der Waals surface area contributed by atoms with Crippen molar-refractivity contribution in [3.63, 3.8) is 0 Å². The molecule has 0 bridgehead atoms. The molecule has 0 atom stereocenters. The van der Waals surface area contributed by atoms with E-state index in [4.69, 9.17) is 10.3 Å². The predicted octanol–water partition coefficient (Wildman–Crippen LogP) is 3.95. The quantitative estimate of drug-likeness (QED) is 0.718. The summed E-state index contributed by atoms with van der Waals surface area (Å²) in [6, 6.07) is 8.08. The van der Waals surface area contributed by atoms with Gasteiger partial charge in [-0.2, -0.15) is 4.98 Å². The Kier molecular flexibility index (Phi) is 3.08. The van der Waals surface area contributed by atoms with Crippen molar-refractivity contribution in [2.24, 2.45) is 0 Å². The van der Waals surface area contributed by atoms with Gasteiger partial charge in [-0.1, -0.05) is 5.16 Å². The highest BCUT2D eigenvalue weighted by Crippen LogP contribution is 2.31. The summed E-state index contributed by atoms with van der Waals surface area (Å²) in [6.45, 7) is 0. The van der Waals surface area contributed by atoms with Gasteiger partial charge in [0.25, 0.3) is 5.89 Å². The molecule has 0 aliphatic rings. The highest BCUT2D eigenvalue weighted by Gasteiger charge is 2.15. The largest absolute Gasteiger partial charge is 0.399 e. The van der Waals surface area contributed by atoms with E-state index in [1.165, 1.54) is 23.5 Å². The second kappa shape index (κ2) is 4.75. The maximum atomic E-state index is 13.7. The summed E-state index contributed by atoms with van der Waals surface area (Å²) in [7, 11) is 0. The highest BCUT2D eigenvalue weighted by molar-refractivity contribution is 9.11. The third kappa shape index (κ3) is 2.39. The first-order chi connectivity index (χ1) is 9.13. The van der Waals surface area contributed by atoms with Crippen molar-refractivity contribution in [3.8, 4) is 22.2 Å². The predicted molar refractivity (Wildman–Crippen MR) is 75.1 cm³/mol. The Morgan fingerprint density at radius 3 is 2.79 bits per heavy atom. The molecule has 0 aliphatic carbocycles. The van der Waals surface area contributed by atoms with Crippen molar-refractivity contribution in [3.05, 3.63) is 39.9 Å². The van der Waals surface area contributed by atoms with Crippen LogP contribution in [0.3, 0.4) is 0 Å². The summed E-state index contributed by atoms with van der Waals surface area (Å²) in [4.78, 5) is 5.03. The van der Waals surface area contributed by atoms with Crippen molar-refractivity contribution in [2.75, 3.05) is 5.73 Å². The molecule has 0 radical (unpaired) electrons. The lowest BCUT2D eigenvalue weighted by atomic mass is 10.2. The molecule has 0 amide bonds. The Balaban J connectivity index is 2.01. The summed E-state index contributed by atoms with van der Waals surface area (Å²) in [6.07, 6.45) is 0. The number of anilines is 1. The molecule has 19 heavy (non-hydrogen) atoms. The molecule has 0 fully saturated rings. The van der Waals surface area contributed by atoms with E-state index in [9.17, 15) is 4.39 Å². The molecule has 2 aromatic heterocycles. The van der Waals surface area contributed by atoms with E-state index in [1.807, 2.05) is 12.1 Å². The molecular weight excluding hydrogens is 333 g/mol. The number of halogens is 2. The summed E-state index contributed by atoms with van der Waals surface area (Å²) in [5.74, 6) is 0.0847. The summed E-state index contributed by atoms with van der Waals surface area (Å²) in [5.41, 5.74) is 6.08. The van der Waals surface area contributed by atoms with E-state index in [0.29, 0.717) is 11.5 Å². The zero-order valence-corrected chi connectivity index (χ0v) is 11.8. The van der Waals surface area contributed by atoms with Gasteiger partial charge in [-0.15, -0.1) is 11.3 Å². The van der Waals surface area contributed by atoms with Crippen LogP contribution >= 0.6 is 27.3 Å². The van der Waals surface area contributed by atoms with Gasteiger partial charge in [0.1, 0.15) is 5.82 Å². The third-order valence-corrected chi connectivity index (χ3v) is 4.06. The number of nitrogens with zero attached hydrogens (tertiary/aromatic N) is 2. The maximum Gasteiger partial charge on any atom is 0.261 e. The topological polar surface area (TPSA) is 64.9 Å². The number of nitrogen functional groups attached to an aromatic ring is 1. The minimum Gasteiger partial charge on any atom is -0.399 e. The molecule has 0 spiro atoms. The van der Waals surface area contributed by atoms with Gasteiger partial charge in [0.2, 0.25) is 5.82 Å². The number of nitrogens with two attached hydrogens (primary N) is 1. The van der Waals surface area contributed by atoms with E-state index < -0.39 is 5.82 Å². The number of rotatable bonds is 2. The Hall–Kier alpha value is -1.73. The Morgan fingerprint density at radius 1 is 1.26 bits per heavy atom. The van der Waals surface area contributed by atoms with Gasteiger partial charge in [-0.3, -0.25) is 0 Å². The van der Waals surface area contributed by atoms with Crippen LogP contribution in [0.2, 0.25) is 0 Å². The van der Waals surface area contributed by atoms with Gasteiger partial charge in [-0.05, 0) is 46.3 Å². The van der Waals surface area contributed by atoms with Crippen LogP contribution in [0.25, 0.3) is 22.2 Å². The molecule has 0 unspecified atom stereocenters. The van der Waals surface area contributed by atoms with Gasteiger partial charge in [0, 0.05) is 5.69 Å². The standard InChI is InChI=1S/C12H7BrFN3OS/c13-10-4-3-9(19-10)11-16-12(18-17-11)7-2-1-6(15)5-8(7)14/h1-5H,15H2. The third-order valence-electron chi connectivity index (χ3n) is 2.44. The van der Waals surface area contributed by atoms with E-state index in [0.717, 1.165) is 8.66 Å². The summed E-state index contributed by atoms with van der Waals surface area (Å²) < 4.78 is 19.8. The molecule has 4 nitrogen and oxygen atoms in total. The molecule has 3 aromatic rings. The first kappa shape index (κ1) is 12.3. The van der Waals surface area contributed by atoms with Gasteiger partial charge in [0.05, 0.1) is 14.2 Å². The van der Waals surface area contributed by atoms with E-state index in [1.54, 1.807) is 6.07 Å². The summed E-state index contributed by atoms with van der Waals surface area (Å²) in [5, 5.41) is 3.85. The number of thiophene rings is 1. The fourth-order valence-electron chi connectivity index (χ4n) is 1.57. The van der Waals surface area contributed by atoms with Crippen LogP contribution in [0.15, 0.2) is 38.6 Å². The molecule has 0 saturated carbocycles. The van der Waals surface area contributed by atoms with Crippen molar-refractivity contribution in [1.82, 2.24) is 10.1 Å². The smallest absolute Gasteiger partial charge is 0.261 e. The first-order valence-electron chi connectivity index (χ1n) is 5.28. The Labute approximate surface area is 120 Å². The van der Waals surface area contributed by atoms with E-state index in [2.05, 4.69) is 26.1 Å². The van der Waals surface area contributed by atoms with Gasteiger partial charge in [-0.25, -0.2) is 4.39 Å². The van der Waals surface area contributed by atoms with Gasteiger partial charge < -0.3 is 10.3 Å². The molecule has 1 aromatic carbocycles. The average molecular weight is 340 g/mol. The Bertz CT molecular complexity index is 740. The van der Waals surface area contributed by atoms with Gasteiger partial charge >= 0.3 is 0 Å². The Morgan fingerprint density at radius 2 is 2.11 bits per heavy atom. The summed E-state index contributed by atoms with van der Waals surface area (Å²) >= 11 is 4.83. The number of hydrogen-bond acceptors (Lipinski definition) is 5. The number of benzene rings is 1. The fraction of sp³-hybridized carbons (Fsp3) is 0. The van der Waals surface area contributed by atoms with Crippen molar-refractivity contribution < 1.29 is 8.91 Å². The van der Waals surface area contributed by atoms with Gasteiger partial charge in [0.15, 0.2) is 0 Å². The van der Waals surface area contributed by atoms with Crippen LogP contribution in [0, 0.1) is 5.82 Å². The molecule has 0 aliphatic heterocycles. The van der Waals surface area contributed by atoms with Crippen LogP contribution in [0.4, 0.5) is 10.1 Å². The number of aromatic nitrogens is 2. The van der Waals surface area contributed by atoms with Crippen LogP contribution in [0.1, 0.15) is 0 Å². The van der Waals surface area contributed by atoms with Crippen LogP contribution in [-0.4, -0.2) is 10.1 Å². The minimum atomic E-state index is -0.484. The average Bonchev–Trinajstić information content (AvgIpc) is 2.97. The molecule has 3 rings (SSSR count). The maximum absolute atomic E-state index is 13.7. The lowest BCUT2D eigenvalue weighted by molar-refractivity contribution is 0.430. The van der Waals surface area contributed by atoms with E-state index in [-0.39, 0.29) is 11.5 Å². The van der Waals surface area contributed by atoms with Crippen LogP contribution in [0.5, 0.6) is 0 Å². The molecule has 96 valence electrons. The normalized spacial score (nSPS) is 10.8.